The summed E-state index contributed by atoms with van der Waals surface area (Å²) in [4.78, 5) is 22.3. The van der Waals surface area contributed by atoms with Gasteiger partial charge in [0.15, 0.2) is 0 Å². The third-order valence-corrected chi connectivity index (χ3v) is 3.10. The van der Waals surface area contributed by atoms with Gasteiger partial charge in [0.2, 0.25) is 0 Å². The lowest BCUT2D eigenvalue weighted by atomic mass is 10.0. The van der Waals surface area contributed by atoms with Crippen molar-refractivity contribution in [2.24, 2.45) is 5.92 Å². The summed E-state index contributed by atoms with van der Waals surface area (Å²) in [6.45, 7) is 6.81. The zero-order valence-corrected chi connectivity index (χ0v) is 11.7. The Morgan fingerprint density at radius 1 is 1.17 bits per heavy atom. The number of carboxylic acid groups (broad SMARTS) is 1. The van der Waals surface area contributed by atoms with E-state index in [9.17, 15) is 9.59 Å². The number of nitrogens with one attached hydrogen (secondary N) is 2. The van der Waals surface area contributed by atoms with E-state index in [1.165, 1.54) is 0 Å². The van der Waals surface area contributed by atoms with Gasteiger partial charge in [-0.3, -0.25) is 4.79 Å². The fraction of sp³-hybridized carbons (Fsp3) is 0.846. The molecule has 0 saturated carbocycles. The molecule has 0 aliphatic carbocycles. The van der Waals surface area contributed by atoms with Crippen LogP contribution in [0.5, 0.6) is 0 Å². The van der Waals surface area contributed by atoms with Crippen LogP contribution in [0.15, 0.2) is 0 Å². The van der Waals surface area contributed by atoms with E-state index < -0.39 is 5.97 Å². The lowest BCUT2D eigenvalue weighted by Gasteiger charge is -2.18. The molecule has 0 radical (unpaired) electrons. The SMILES string of the molecule is CCCC(CC(=O)O)NC(=O)NCC(CC)CC. The zero-order chi connectivity index (χ0) is 14.0. The number of amides is 2. The van der Waals surface area contributed by atoms with Gasteiger partial charge >= 0.3 is 12.0 Å². The molecular weight excluding hydrogens is 232 g/mol. The molecule has 18 heavy (non-hydrogen) atoms. The predicted molar refractivity (Wildman–Crippen MR) is 71.6 cm³/mol. The predicted octanol–water partition coefficient (Wildman–Crippen LogP) is 2.37. The van der Waals surface area contributed by atoms with Gasteiger partial charge in [-0.25, -0.2) is 4.79 Å². The van der Waals surface area contributed by atoms with Crippen LogP contribution in [0.1, 0.15) is 52.9 Å². The van der Waals surface area contributed by atoms with E-state index in [1.54, 1.807) is 0 Å². The number of carbonyl (C=O) groups excluding carboxylic acids is 1. The fourth-order valence-corrected chi connectivity index (χ4v) is 1.84. The molecule has 0 heterocycles. The Hall–Kier alpha value is -1.26. The second kappa shape index (κ2) is 9.74. The first kappa shape index (κ1) is 16.7. The van der Waals surface area contributed by atoms with Crippen LogP contribution in [0.3, 0.4) is 0 Å². The maximum Gasteiger partial charge on any atom is 0.315 e. The van der Waals surface area contributed by atoms with Crippen LogP contribution in [0, 0.1) is 5.92 Å². The van der Waals surface area contributed by atoms with Gasteiger partial charge in [0.05, 0.1) is 6.42 Å². The molecule has 5 nitrogen and oxygen atoms in total. The van der Waals surface area contributed by atoms with Crippen molar-refractivity contribution >= 4 is 12.0 Å². The van der Waals surface area contributed by atoms with Crippen LogP contribution in [-0.4, -0.2) is 29.7 Å². The van der Waals surface area contributed by atoms with E-state index >= 15 is 0 Å². The van der Waals surface area contributed by atoms with Crippen LogP contribution >= 0.6 is 0 Å². The molecule has 0 spiro atoms. The first-order chi connectivity index (χ1) is 8.53. The van der Waals surface area contributed by atoms with Gasteiger partial charge in [-0.15, -0.1) is 0 Å². The molecule has 0 aliphatic heterocycles. The van der Waals surface area contributed by atoms with E-state index in [-0.39, 0.29) is 18.5 Å². The van der Waals surface area contributed by atoms with Crippen molar-refractivity contribution in [1.82, 2.24) is 10.6 Å². The van der Waals surface area contributed by atoms with Crippen LogP contribution in [0.25, 0.3) is 0 Å². The summed E-state index contributed by atoms with van der Waals surface area (Å²) < 4.78 is 0. The van der Waals surface area contributed by atoms with Gasteiger partial charge < -0.3 is 15.7 Å². The van der Waals surface area contributed by atoms with E-state index in [4.69, 9.17) is 5.11 Å². The Morgan fingerprint density at radius 2 is 1.78 bits per heavy atom. The number of rotatable bonds is 9. The molecule has 5 heteroatoms. The van der Waals surface area contributed by atoms with Crippen molar-refractivity contribution in [1.29, 1.82) is 0 Å². The van der Waals surface area contributed by atoms with Crippen LogP contribution in [-0.2, 0) is 4.79 Å². The lowest BCUT2D eigenvalue weighted by molar-refractivity contribution is -0.137. The molecule has 0 saturated heterocycles. The van der Waals surface area contributed by atoms with E-state index in [0.717, 1.165) is 19.3 Å². The van der Waals surface area contributed by atoms with Crippen molar-refractivity contribution in [2.75, 3.05) is 6.54 Å². The Balaban J connectivity index is 4.04. The molecule has 2 amide bonds. The maximum atomic E-state index is 11.6. The second-order valence-electron chi connectivity index (χ2n) is 4.62. The van der Waals surface area contributed by atoms with Gasteiger partial charge in [-0.2, -0.15) is 0 Å². The second-order valence-corrected chi connectivity index (χ2v) is 4.62. The lowest BCUT2D eigenvalue weighted by Crippen LogP contribution is -2.44. The van der Waals surface area contributed by atoms with Gasteiger partial charge in [0, 0.05) is 12.6 Å². The van der Waals surface area contributed by atoms with Crippen LogP contribution in [0.4, 0.5) is 4.79 Å². The number of urea groups is 1. The summed E-state index contributed by atoms with van der Waals surface area (Å²) in [6.07, 6.45) is 3.58. The normalized spacial score (nSPS) is 12.2. The van der Waals surface area contributed by atoms with Crippen molar-refractivity contribution in [3.8, 4) is 0 Å². The van der Waals surface area contributed by atoms with Gasteiger partial charge in [-0.1, -0.05) is 40.0 Å². The summed E-state index contributed by atoms with van der Waals surface area (Å²) in [7, 11) is 0. The Morgan fingerprint density at radius 3 is 2.22 bits per heavy atom. The first-order valence-electron chi connectivity index (χ1n) is 6.79. The summed E-state index contributed by atoms with van der Waals surface area (Å²) in [5, 5.41) is 14.3. The Kier molecular flexibility index (Phi) is 9.06. The van der Waals surface area contributed by atoms with E-state index in [0.29, 0.717) is 18.9 Å². The minimum absolute atomic E-state index is 0.0216. The third kappa shape index (κ3) is 7.92. The number of carboxylic acids is 1. The average molecular weight is 258 g/mol. The van der Waals surface area contributed by atoms with Crippen LogP contribution < -0.4 is 10.6 Å². The highest BCUT2D eigenvalue weighted by Gasteiger charge is 2.15. The Labute approximate surface area is 109 Å². The third-order valence-electron chi connectivity index (χ3n) is 3.10. The average Bonchev–Trinajstić information content (AvgIpc) is 2.29. The first-order valence-corrected chi connectivity index (χ1v) is 6.79. The fourth-order valence-electron chi connectivity index (χ4n) is 1.84. The highest BCUT2D eigenvalue weighted by atomic mass is 16.4. The molecule has 1 unspecified atom stereocenters. The zero-order valence-electron chi connectivity index (χ0n) is 11.7. The van der Waals surface area contributed by atoms with Crippen molar-refractivity contribution in [3.63, 3.8) is 0 Å². The van der Waals surface area contributed by atoms with Crippen molar-refractivity contribution in [2.45, 2.75) is 58.9 Å². The van der Waals surface area contributed by atoms with Gasteiger partial charge in [-0.05, 0) is 12.3 Å². The maximum absolute atomic E-state index is 11.6. The van der Waals surface area contributed by atoms with E-state index in [1.807, 2.05) is 6.92 Å². The number of carbonyl (C=O) groups is 2. The number of aliphatic carboxylic acids is 1. The van der Waals surface area contributed by atoms with Crippen LogP contribution in [0.2, 0.25) is 0 Å². The molecule has 1 atom stereocenters. The summed E-state index contributed by atoms with van der Waals surface area (Å²) >= 11 is 0. The molecule has 106 valence electrons. The molecule has 0 aromatic carbocycles. The number of hydrogen-bond donors (Lipinski definition) is 3. The molecule has 0 aromatic heterocycles. The minimum atomic E-state index is -0.881. The van der Waals surface area contributed by atoms with Crippen molar-refractivity contribution < 1.29 is 14.7 Å². The molecule has 0 aliphatic rings. The Bertz CT molecular complexity index is 253. The molecule has 0 fully saturated rings. The minimum Gasteiger partial charge on any atom is -0.481 e. The van der Waals surface area contributed by atoms with Gasteiger partial charge in [0.25, 0.3) is 0 Å². The quantitative estimate of drug-likeness (QED) is 0.594. The smallest absolute Gasteiger partial charge is 0.315 e. The summed E-state index contributed by atoms with van der Waals surface area (Å²) in [6, 6.07) is -0.546. The highest BCUT2D eigenvalue weighted by molar-refractivity contribution is 5.75. The summed E-state index contributed by atoms with van der Waals surface area (Å²) in [5.41, 5.74) is 0. The summed E-state index contributed by atoms with van der Waals surface area (Å²) in [5.74, 6) is -0.395. The van der Waals surface area contributed by atoms with E-state index in [2.05, 4.69) is 24.5 Å². The molecule has 0 aromatic rings. The standard InChI is InChI=1S/C13H26N2O3/c1-4-7-11(8-12(16)17)15-13(18)14-9-10(5-2)6-3/h10-11H,4-9H2,1-3H3,(H,16,17)(H2,14,15,18). The van der Waals surface area contributed by atoms with Crippen molar-refractivity contribution in [3.05, 3.63) is 0 Å². The molecular formula is C13H26N2O3. The molecule has 3 N–H and O–H groups in total. The number of hydrogen-bond acceptors (Lipinski definition) is 2. The molecule has 0 rings (SSSR count). The van der Waals surface area contributed by atoms with Gasteiger partial charge in [0.1, 0.15) is 0 Å². The topological polar surface area (TPSA) is 78.4 Å². The monoisotopic (exact) mass is 258 g/mol. The highest BCUT2D eigenvalue weighted by Crippen LogP contribution is 2.05. The molecule has 0 bridgehead atoms. The largest absolute Gasteiger partial charge is 0.481 e.